The number of ether oxygens (including phenoxy) is 1. The van der Waals surface area contributed by atoms with Crippen LogP contribution in [0.4, 0.5) is 14.5 Å². The Kier molecular flexibility index (Phi) is 4.49. The number of nitrogens with two attached hydrogens (primary N) is 1. The molecule has 25 heavy (non-hydrogen) atoms. The first-order valence-corrected chi connectivity index (χ1v) is 7.45. The van der Waals surface area contributed by atoms with Crippen molar-refractivity contribution in [2.24, 2.45) is 10.7 Å². The van der Waals surface area contributed by atoms with Crippen LogP contribution in [-0.4, -0.2) is 36.4 Å². The second-order valence-corrected chi connectivity index (χ2v) is 5.61. The number of hydrogen-bond donors (Lipinski definition) is 2. The van der Waals surface area contributed by atoms with Crippen molar-refractivity contribution in [2.75, 3.05) is 18.5 Å². The SMILES string of the molecule is Cc1nc(C(=O)Nc2cccc(C3(C(F)F)COCC(N)=N3)c2)co1. The number of nitrogens with one attached hydrogen (secondary N) is 1. The first kappa shape index (κ1) is 17.0. The number of rotatable bonds is 4. The molecule has 132 valence electrons. The van der Waals surface area contributed by atoms with Gasteiger partial charge >= 0.3 is 0 Å². The first-order valence-electron chi connectivity index (χ1n) is 7.45. The number of amides is 1. The monoisotopic (exact) mass is 350 g/mol. The standard InChI is InChI=1S/C16H16F2N4O3/c1-9-20-12(6-25-9)14(23)21-11-4-2-3-10(5-11)16(15(17)18)8-24-7-13(19)22-16/h2-6,15H,7-8H2,1H3,(H2,19,22)(H,21,23). The van der Waals surface area contributed by atoms with Gasteiger partial charge in [-0.25, -0.2) is 13.8 Å². The van der Waals surface area contributed by atoms with Crippen LogP contribution in [-0.2, 0) is 10.3 Å². The minimum absolute atomic E-state index is 0.000869. The number of carbonyl (C=O) groups excluding carboxylic acids is 1. The zero-order valence-electron chi connectivity index (χ0n) is 13.3. The molecule has 0 aliphatic carbocycles. The molecule has 1 unspecified atom stereocenters. The third kappa shape index (κ3) is 3.36. The molecule has 1 aromatic heterocycles. The minimum Gasteiger partial charge on any atom is -0.448 e. The summed E-state index contributed by atoms with van der Waals surface area (Å²) in [4.78, 5) is 20.0. The summed E-state index contributed by atoms with van der Waals surface area (Å²) in [7, 11) is 0. The smallest absolute Gasteiger partial charge is 0.277 e. The van der Waals surface area contributed by atoms with Crippen molar-refractivity contribution in [2.45, 2.75) is 18.9 Å². The molecular formula is C16H16F2N4O3. The van der Waals surface area contributed by atoms with E-state index in [2.05, 4.69) is 15.3 Å². The number of hydrogen-bond acceptors (Lipinski definition) is 6. The number of benzene rings is 1. The van der Waals surface area contributed by atoms with Gasteiger partial charge in [0.25, 0.3) is 12.3 Å². The van der Waals surface area contributed by atoms with Gasteiger partial charge in [0, 0.05) is 12.6 Å². The van der Waals surface area contributed by atoms with Gasteiger partial charge in [0.15, 0.2) is 17.1 Å². The molecule has 0 bridgehead atoms. The van der Waals surface area contributed by atoms with Crippen LogP contribution in [0.1, 0.15) is 21.9 Å². The van der Waals surface area contributed by atoms with Crippen LogP contribution in [0.25, 0.3) is 0 Å². The highest BCUT2D eigenvalue weighted by Crippen LogP contribution is 2.36. The number of amidine groups is 1. The Hall–Kier alpha value is -2.81. The molecule has 1 aliphatic heterocycles. The van der Waals surface area contributed by atoms with E-state index in [0.717, 1.165) is 0 Å². The second-order valence-electron chi connectivity index (χ2n) is 5.61. The van der Waals surface area contributed by atoms with Gasteiger partial charge in [-0.1, -0.05) is 12.1 Å². The highest BCUT2D eigenvalue weighted by atomic mass is 19.3. The summed E-state index contributed by atoms with van der Waals surface area (Å²) in [5.41, 5.74) is 4.30. The van der Waals surface area contributed by atoms with Gasteiger partial charge in [-0.2, -0.15) is 0 Å². The lowest BCUT2D eigenvalue weighted by Crippen LogP contribution is -2.44. The van der Waals surface area contributed by atoms with Crippen LogP contribution in [0.15, 0.2) is 39.9 Å². The molecule has 1 aromatic carbocycles. The number of aromatic nitrogens is 1. The molecular weight excluding hydrogens is 334 g/mol. The third-order valence-electron chi connectivity index (χ3n) is 3.75. The second kappa shape index (κ2) is 6.60. The fraction of sp³-hybridized carbons (Fsp3) is 0.312. The average Bonchev–Trinajstić information content (AvgIpc) is 3.01. The highest BCUT2D eigenvalue weighted by Gasteiger charge is 2.44. The zero-order valence-corrected chi connectivity index (χ0v) is 13.3. The number of aryl methyl sites for hydroxylation is 1. The van der Waals surface area contributed by atoms with Crippen molar-refractivity contribution in [3.63, 3.8) is 0 Å². The van der Waals surface area contributed by atoms with Gasteiger partial charge in [0.05, 0.1) is 6.61 Å². The molecule has 2 aromatic rings. The summed E-state index contributed by atoms with van der Waals surface area (Å²) in [5, 5.41) is 2.59. The lowest BCUT2D eigenvalue weighted by molar-refractivity contribution is -0.0129. The molecule has 0 saturated carbocycles. The maximum atomic E-state index is 13.7. The van der Waals surface area contributed by atoms with E-state index in [-0.39, 0.29) is 30.3 Å². The van der Waals surface area contributed by atoms with Crippen molar-refractivity contribution in [1.29, 1.82) is 0 Å². The normalized spacial score (nSPS) is 20.4. The van der Waals surface area contributed by atoms with Gasteiger partial charge in [-0.05, 0) is 17.7 Å². The van der Waals surface area contributed by atoms with E-state index in [9.17, 15) is 13.6 Å². The summed E-state index contributed by atoms with van der Waals surface area (Å²) < 4.78 is 37.6. The van der Waals surface area contributed by atoms with Gasteiger partial charge < -0.3 is 20.2 Å². The van der Waals surface area contributed by atoms with Crippen molar-refractivity contribution < 1.29 is 22.7 Å². The van der Waals surface area contributed by atoms with Crippen LogP contribution >= 0.6 is 0 Å². The van der Waals surface area contributed by atoms with E-state index < -0.39 is 17.9 Å². The summed E-state index contributed by atoms with van der Waals surface area (Å²) >= 11 is 0. The Labute approximate surface area is 141 Å². The predicted octanol–water partition coefficient (Wildman–Crippen LogP) is 2.08. The molecule has 0 saturated heterocycles. The highest BCUT2D eigenvalue weighted by molar-refractivity contribution is 6.02. The number of nitrogens with zero attached hydrogens (tertiary/aromatic N) is 2. The van der Waals surface area contributed by atoms with Crippen molar-refractivity contribution in [3.8, 4) is 0 Å². The fourth-order valence-electron chi connectivity index (χ4n) is 2.55. The number of oxazole rings is 1. The molecule has 3 N–H and O–H groups in total. The van der Waals surface area contributed by atoms with Gasteiger partial charge in [0.2, 0.25) is 0 Å². The van der Waals surface area contributed by atoms with Crippen molar-refractivity contribution in [1.82, 2.24) is 4.98 Å². The molecule has 7 nitrogen and oxygen atoms in total. The maximum Gasteiger partial charge on any atom is 0.277 e. The van der Waals surface area contributed by atoms with Gasteiger partial charge in [-0.15, -0.1) is 0 Å². The Morgan fingerprint density at radius 2 is 2.24 bits per heavy atom. The van der Waals surface area contributed by atoms with E-state index in [0.29, 0.717) is 11.6 Å². The Bertz CT molecular complexity index is 821. The van der Waals surface area contributed by atoms with E-state index in [4.69, 9.17) is 14.9 Å². The summed E-state index contributed by atoms with van der Waals surface area (Å²) in [5.74, 6) is -0.165. The Balaban J connectivity index is 1.90. The van der Waals surface area contributed by atoms with Crippen LogP contribution in [0.3, 0.4) is 0 Å². The van der Waals surface area contributed by atoms with Crippen LogP contribution in [0.2, 0.25) is 0 Å². The Morgan fingerprint density at radius 3 is 2.88 bits per heavy atom. The third-order valence-corrected chi connectivity index (χ3v) is 3.75. The van der Waals surface area contributed by atoms with E-state index >= 15 is 0 Å². The number of anilines is 1. The number of aliphatic imine (C=N–C) groups is 1. The maximum absolute atomic E-state index is 13.7. The molecule has 1 atom stereocenters. The van der Waals surface area contributed by atoms with Crippen LogP contribution in [0, 0.1) is 6.92 Å². The topological polar surface area (TPSA) is 103 Å². The summed E-state index contributed by atoms with van der Waals surface area (Å²) in [6.07, 6.45) is -1.61. The van der Waals surface area contributed by atoms with Crippen molar-refractivity contribution in [3.05, 3.63) is 47.7 Å². The lowest BCUT2D eigenvalue weighted by Gasteiger charge is -2.33. The van der Waals surface area contributed by atoms with Gasteiger partial charge in [-0.3, -0.25) is 9.79 Å². The summed E-state index contributed by atoms with van der Waals surface area (Å²) in [6.45, 7) is 1.32. The largest absolute Gasteiger partial charge is 0.448 e. The number of alkyl halides is 2. The molecule has 9 heteroatoms. The zero-order chi connectivity index (χ0) is 18.0. The van der Waals surface area contributed by atoms with E-state index in [1.54, 1.807) is 19.1 Å². The number of carbonyl (C=O) groups is 1. The lowest BCUT2D eigenvalue weighted by atomic mass is 9.90. The van der Waals surface area contributed by atoms with Crippen LogP contribution in [0.5, 0.6) is 0 Å². The molecule has 0 radical (unpaired) electrons. The van der Waals surface area contributed by atoms with Gasteiger partial charge in [0.1, 0.15) is 18.7 Å². The molecule has 2 heterocycles. The number of halogens is 2. The van der Waals surface area contributed by atoms with Crippen molar-refractivity contribution >= 4 is 17.4 Å². The minimum atomic E-state index is -2.82. The Morgan fingerprint density at radius 1 is 1.44 bits per heavy atom. The first-order chi connectivity index (χ1) is 11.9. The fourth-order valence-corrected chi connectivity index (χ4v) is 2.55. The molecule has 0 spiro atoms. The average molecular weight is 350 g/mol. The molecule has 0 fully saturated rings. The van der Waals surface area contributed by atoms with E-state index in [1.807, 2.05) is 0 Å². The quantitative estimate of drug-likeness (QED) is 0.879. The predicted molar refractivity (Wildman–Crippen MR) is 85.8 cm³/mol. The molecule has 3 rings (SSSR count). The summed E-state index contributed by atoms with van der Waals surface area (Å²) in [6, 6.07) is 6.03. The van der Waals surface area contributed by atoms with Crippen LogP contribution < -0.4 is 11.1 Å². The molecule has 1 amide bonds. The van der Waals surface area contributed by atoms with E-state index in [1.165, 1.54) is 18.4 Å². The molecule has 1 aliphatic rings.